The SMILES string of the molecule is O=C(OCCCc1ccccc1)c1ccc(C(=O)OCCCc2ccccc2)cc1. The van der Waals surface area contributed by atoms with Gasteiger partial charge in [-0.1, -0.05) is 60.7 Å². The van der Waals surface area contributed by atoms with Crippen molar-refractivity contribution in [3.05, 3.63) is 107 Å². The number of hydrogen-bond acceptors (Lipinski definition) is 4. The van der Waals surface area contributed by atoms with Gasteiger partial charge in [-0.2, -0.15) is 0 Å². The smallest absolute Gasteiger partial charge is 0.338 e. The normalized spacial score (nSPS) is 10.4. The van der Waals surface area contributed by atoms with E-state index in [2.05, 4.69) is 24.3 Å². The zero-order valence-corrected chi connectivity index (χ0v) is 17.0. The van der Waals surface area contributed by atoms with Crippen LogP contribution in [0.2, 0.25) is 0 Å². The molecule has 30 heavy (non-hydrogen) atoms. The molecule has 0 aliphatic carbocycles. The Hall–Kier alpha value is -3.40. The zero-order valence-electron chi connectivity index (χ0n) is 17.0. The molecule has 0 saturated heterocycles. The number of benzene rings is 3. The lowest BCUT2D eigenvalue weighted by atomic mass is 10.1. The maximum Gasteiger partial charge on any atom is 0.338 e. The van der Waals surface area contributed by atoms with E-state index in [0.717, 1.165) is 25.7 Å². The van der Waals surface area contributed by atoms with Crippen molar-refractivity contribution in [1.82, 2.24) is 0 Å². The lowest BCUT2D eigenvalue weighted by Gasteiger charge is -2.07. The van der Waals surface area contributed by atoms with E-state index in [1.54, 1.807) is 24.3 Å². The van der Waals surface area contributed by atoms with Crippen molar-refractivity contribution in [3.8, 4) is 0 Å². The molecule has 3 rings (SSSR count). The van der Waals surface area contributed by atoms with Gasteiger partial charge in [-0.25, -0.2) is 9.59 Å². The van der Waals surface area contributed by atoms with Crippen molar-refractivity contribution in [3.63, 3.8) is 0 Å². The highest BCUT2D eigenvalue weighted by molar-refractivity contribution is 5.93. The van der Waals surface area contributed by atoms with Crippen molar-refractivity contribution < 1.29 is 19.1 Å². The van der Waals surface area contributed by atoms with Crippen molar-refractivity contribution in [2.75, 3.05) is 13.2 Å². The van der Waals surface area contributed by atoms with Gasteiger partial charge in [-0.15, -0.1) is 0 Å². The molecular weight excluding hydrogens is 376 g/mol. The molecule has 0 aliphatic rings. The second kappa shape index (κ2) is 11.6. The summed E-state index contributed by atoms with van der Waals surface area (Å²) in [5.74, 6) is -0.767. The van der Waals surface area contributed by atoms with Crippen LogP contribution in [0.25, 0.3) is 0 Å². The van der Waals surface area contributed by atoms with Gasteiger partial charge in [0.2, 0.25) is 0 Å². The van der Waals surface area contributed by atoms with Crippen molar-refractivity contribution in [2.24, 2.45) is 0 Å². The fraction of sp³-hybridized carbons (Fsp3) is 0.231. The van der Waals surface area contributed by atoms with E-state index in [0.29, 0.717) is 24.3 Å². The first-order valence-corrected chi connectivity index (χ1v) is 10.2. The van der Waals surface area contributed by atoms with E-state index in [1.807, 2.05) is 36.4 Å². The van der Waals surface area contributed by atoms with Crippen LogP contribution in [-0.2, 0) is 22.3 Å². The van der Waals surface area contributed by atoms with Crippen molar-refractivity contribution in [2.45, 2.75) is 25.7 Å². The van der Waals surface area contributed by atoms with Crippen LogP contribution in [0.5, 0.6) is 0 Å². The lowest BCUT2D eigenvalue weighted by Crippen LogP contribution is -2.09. The van der Waals surface area contributed by atoms with Crippen LogP contribution in [0, 0.1) is 0 Å². The summed E-state index contributed by atoms with van der Waals surface area (Å²) >= 11 is 0. The van der Waals surface area contributed by atoms with E-state index in [-0.39, 0.29) is 11.9 Å². The molecule has 0 atom stereocenters. The minimum absolute atomic E-state index is 0.360. The van der Waals surface area contributed by atoms with Gasteiger partial charge in [-0.05, 0) is 61.1 Å². The Labute approximate surface area is 177 Å². The van der Waals surface area contributed by atoms with Crippen LogP contribution in [0.3, 0.4) is 0 Å². The molecule has 4 heteroatoms. The van der Waals surface area contributed by atoms with Gasteiger partial charge < -0.3 is 9.47 Å². The van der Waals surface area contributed by atoms with Gasteiger partial charge >= 0.3 is 11.9 Å². The molecule has 0 radical (unpaired) electrons. The second-order valence-corrected chi connectivity index (χ2v) is 7.03. The van der Waals surface area contributed by atoms with E-state index in [9.17, 15) is 9.59 Å². The van der Waals surface area contributed by atoms with Crippen LogP contribution in [0.1, 0.15) is 44.7 Å². The molecule has 0 saturated carbocycles. The zero-order chi connectivity index (χ0) is 21.0. The van der Waals surface area contributed by atoms with Crippen LogP contribution in [0.4, 0.5) is 0 Å². The molecule has 3 aromatic rings. The van der Waals surface area contributed by atoms with Crippen LogP contribution in [0.15, 0.2) is 84.9 Å². The van der Waals surface area contributed by atoms with Gasteiger partial charge in [0, 0.05) is 0 Å². The quantitative estimate of drug-likeness (QED) is 0.343. The molecule has 0 N–H and O–H groups in total. The highest BCUT2D eigenvalue weighted by Gasteiger charge is 2.11. The Morgan fingerprint density at radius 3 is 1.27 bits per heavy atom. The maximum atomic E-state index is 12.1. The van der Waals surface area contributed by atoms with E-state index < -0.39 is 0 Å². The number of carbonyl (C=O) groups is 2. The number of aryl methyl sites for hydroxylation is 2. The lowest BCUT2D eigenvalue weighted by molar-refractivity contribution is 0.0486. The molecule has 0 heterocycles. The molecule has 0 fully saturated rings. The third-order valence-corrected chi connectivity index (χ3v) is 4.73. The molecular formula is C26H26O4. The summed E-state index contributed by atoms with van der Waals surface area (Å²) in [4.78, 5) is 24.3. The molecule has 0 aromatic heterocycles. The van der Waals surface area contributed by atoms with E-state index >= 15 is 0 Å². The molecule has 0 unspecified atom stereocenters. The third kappa shape index (κ3) is 6.89. The summed E-state index contributed by atoms with van der Waals surface area (Å²) in [6.07, 6.45) is 3.26. The van der Waals surface area contributed by atoms with Gasteiger partial charge in [-0.3, -0.25) is 0 Å². The predicted octanol–water partition coefficient (Wildman–Crippen LogP) is 5.27. The standard InChI is InChI=1S/C26H26O4/c27-25(29-19-7-13-21-9-3-1-4-10-21)23-15-17-24(18-16-23)26(28)30-20-8-14-22-11-5-2-6-12-22/h1-6,9-12,15-18H,7-8,13-14,19-20H2. The molecule has 3 aromatic carbocycles. The monoisotopic (exact) mass is 402 g/mol. The van der Waals surface area contributed by atoms with E-state index in [1.165, 1.54) is 11.1 Å². The fourth-order valence-corrected chi connectivity index (χ4v) is 3.08. The number of ether oxygens (including phenoxy) is 2. The summed E-state index contributed by atoms with van der Waals surface area (Å²) in [6.45, 7) is 0.720. The highest BCUT2D eigenvalue weighted by atomic mass is 16.5. The number of hydrogen-bond donors (Lipinski definition) is 0. The Kier molecular flexibility index (Phi) is 8.22. The van der Waals surface area contributed by atoms with Crippen LogP contribution >= 0.6 is 0 Å². The Bertz CT molecular complexity index is 840. The first kappa shape index (κ1) is 21.3. The summed E-state index contributed by atoms with van der Waals surface area (Å²) in [6, 6.07) is 26.6. The average Bonchev–Trinajstić information content (AvgIpc) is 2.81. The molecule has 0 amide bonds. The highest BCUT2D eigenvalue weighted by Crippen LogP contribution is 2.10. The predicted molar refractivity (Wildman–Crippen MR) is 117 cm³/mol. The Balaban J connectivity index is 1.36. The molecule has 0 bridgehead atoms. The first-order valence-electron chi connectivity index (χ1n) is 10.2. The second-order valence-electron chi connectivity index (χ2n) is 7.03. The Morgan fingerprint density at radius 1 is 0.533 bits per heavy atom. The largest absolute Gasteiger partial charge is 0.462 e. The maximum absolute atomic E-state index is 12.1. The van der Waals surface area contributed by atoms with Crippen molar-refractivity contribution >= 4 is 11.9 Å². The summed E-state index contributed by atoms with van der Waals surface area (Å²) in [7, 11) is 0. The molecule has 154 valence electrons. The molecule has 4 nitrogen and oxygen atoms in total. The minimum atomic E-state index is -0.383. The molecule has 0 aliphatic heterocycles. The number of esters is 2. The first-order chi connectivity index (χ1) is 14.7. The van der Waals surface area contributed by atoms with Crippen LogP contribution in [-0.4, -0.2) is 25.2 Å². The van der Waals surface area contributed by atoms with Gasteiger partial charge in [0.05, 0.1) is 24.3 Å². The number of carbonyl (C=O) groups excluding carboxylic acids is 2. The van der Waals surface area contributed by atoms with Gasteiger partial charge in [0.25, 0.3) is 0 Å². The van der Waals surface area contributed by atoms with Crippen LogP contribution < -0.4 is 0 Å². The van der Waals surface area contributed by atoms with Crippen molar-refractivity contribution in [1.29, 1.82) is 0 Å². The Morgan fingerprint density at radius 2 is 0.900 bits per heavy atom. The number of rotatable bonds is 10. The third-order valence-electron chi connectivity index (χ3n) is 4.73. The topological polar surface area (TPSA) is 52.6 Å². The van der Waals surface area contributed by atoms with Gasteiger partial charge in [0.1, 0.15) is 0 Å². The van der Waals surface area contributed by atoms with Gasteiger partial charge in [0.15, 0.2) is 0 Å². The summed E-state index contributed by atoms with van der Waals surface area (Å²) < 4.78 is 10.6. The van der Waals surface area contributed by atoms with E-state index in [4.69, 9.17) is 9.47 Å². The average molecular weight is 402 g/mol. The molecule has 0 spiro atoms. The summed E-state index contributed by atoms with van der Waals surface area (Å²) in [5, 5.41) is 0. The minimum Gasteiger partial charge on any atom is -0.462 e. The fourth-order valence-electron chi connectivity index (χ4n) is 3.08. The summed E-state index contributed by atoms with van der Waals surface area (Å²) in [5.41, 5.74) is 3.30.